The van der Waals surface area contributed by atoms with E-state index in [4.69, 9.17) is 9.57 Å². The van der Waals surface area contributed by atoms with Gasteiger partial charge in [-0.2, -0.15) is 0 Å². The summed E-state index contributed by atoms with van der Waals surface area (Å²) in [6.45, 7) is 3.35. The van der Waals surface area contributed by atoms with Crippen LogP contribution in [0.3, 0.4) is 0 Å². The standard InChI is InChI=1S/C23H35N5O4/c1-2-19(23(30)26-14-17-8-4-3-5-9-17)27-20-16-24-18(15-25-20)11-12-21(29)28-32-22-10-6-7-13-31-22/h11-12,15-17,19,22H,2-10,13-14H2,1H3,(H,25,27)(H,26,30)(H,28,29)/t19-,22?/m1/s1. The molecule has 2 atom stereocenters. The second-order valence-corrected chi connectivity index (χ2v) is 8.39. The van der Waals surface area contributed by atoms with Gasteiger partial charge in [0.1, 0.15) is 11.9 Å². The highest BCUT2D eigenvalue weighted by atomic mass is 16.8. The third kappa shape index (κ3) is 8.20. The van der Waals surface area contributed by atoms with Gasteiger partial charge in [-0.1, -0.05) is 26.2 Å². The lowest BCUT2D eigenvalue weighted by Crippen LogP contribution is -2.41. The molecule has 0 radical (unpaired) electrons. The Balaban J connectivity index is 1.41. The Labute approximate surface area is 189 Å². The summed E-state index contributed by atoms with van der Waals surface area (Å²) < 4.78 is 5.39. The third-order valence-corrected chi connectivity index (χ3v) is 5.84. The van der Waals surface area contributed by atoms with Crippen LogP contribution < -0.4 is 16.1 Å². The fourth-order valence-corrected chi connectivity index (χ4v) is 3.91. The van der Waals surface area contributed by atoms with Gasteiger partial charge < -0.3 is 15.4 Å². The van der Waals surface area contributed by atoms with Crippen molar-refractivity contribution < 1.29 is 19.2 Å². The average Bonchev–Trinajstić information content (AvgIpc) is 2.85. The van der Waals surface area contributed by atoms with E-state index in [0.29, 0.717) is 30.5 Å². The van der Waals surface area contributed by atoms with Crippen LogP contribution in [0.1, 0.15) is 70.4 Å². The van der Waals surface area contributed by atoms with Crippen LogP contribution in [0.15, 0.2) is 18.5 Å². The van der Waals surface area contributed by atoms with Gasteiger partial charge in [-0.05, 0) is 44.1 Å². The van der Waals surface area contributed by atoms with Crippen molar-refractivity contribution in [2.24, 2.45) is 5.92 Å². The van der Waals surface area contributed by atoms with Crippen molar-refractivity contribution >= 4 is 23.7 Å². The fraction of sp³-hybridized carbons (Fsp3) is 0.652. The van der Waals surface area contributed by atoms with Crippen LogP contribution in [0.25, 0.3) is 6.08 Å². The van der Waals surface area contributed by atoms with E-state index >= 15 is 0 Å². The van der Waals surface area contributed by atoms with Crippen molar-refractivity contribution in [2.75, 3.05) is 18.5 Å². The zero-order valence-electron chi connectivity index (χ0n) is 18.8. The molecule has 1 aromatic heterocycles. The van der Waals surface area contributed by atoms with E-state index < -0.39 is 12.2 Å². The number of rotatable bonds is 10. The summed E-state index contributed by atoms with van der Waals surface area (Å²) >= 11 is 0. The average molecular weight is 446 g/mol. The Morgan fingerprint density at radius 2 is 1.97 bits per heavy atom. The van der Waals surface area contributed by atoms with Crippen molar-refractivity contribution in [3.8, 4) is 0 Å². The highest BCUT2D eigenvalue weighted by molar-refractivity contribution is 5.90. The molecule has 1 aliphatic heterocycles. The maximum atomic E-state index is 12.5. The molecular formula is C23H35N5O4. The van der Waals surface area contributed by atoms with Crippen LogP contribution in [0.2, 0.25) is 0 Å². The minimum Gasteiger partial charge on any atom is -0.357 e. The minimum absolute atomic E-state index is 0.0116. The summed E-state index contributed by atoms with van der Waals surface area (Å²) in [5.74, 6) is 0.698. The molecule has 2 amide bonds. The van der Waals surface area contributed by atoms with Gasteiger partial charge in [0.05, 0.1) is 18.1 Å². The molecule has 32 heavy (non-hydrogen) atoms. The molecule has 176 valence electrons. The molecule has 1 saturated carbocycles. The molecule has 2 aliphatic rings. The number of hydrogen-bond acceptors (Lipinski definition) is 7. The molecule has 9 heteroatoms. The number of nitrogens with zero attached hydrogens (tertiary/aromatic N) is 2. The largest absolute Gasteiger partial charge is 0.357 e. The summed E-state index contributed by atoms with van der Waals surface area (Å²) in [5.41, 5.74) is 2.88. The summed E-state index contributed by atoms with van der Waals surface area (Å²) in [6.07, 6.45) is 15.3. The van der Waals surface area contributed by atoms with Crippen molar-refractivity contribution in [3.63, 3.8) is 0 Å². The van der Waals surface area contributed by atoms with Gasteiger partial charge in [-0.15, -0.1) is 0 Å². The van der Waals surface area contributed by atoms with E-state index in [9.17, 15) is 9.59 Å². The second-order valence-electron chi connectivity index (χ2n) is 8.39. The van der Waals surface area contributed by atoms with E-state index in [0.717, 1.165) is 25.8 Å². The topological polar surface area (TPSA) is 114 Å². The lowest BCUT2D eigenvalue weighted by molar-refractivity contribution is -0.198. The number of carbonyl (C=O) groups excluding carboxylic acids is 2. The molecule has 1 saturated heterocycles. The van der Waals surface area contributed by atoms with Crippen molar-refractivity contribution in [1.82, 2.24) is 20.8 Å². The van der Waals surface area contributed by atoms with Crippen molar-refractivity contribution in [2.45, 2.75) is 77.0 Å². The zero-order chi connectivity index (χ0) is 22.6. The quantitative estimate of drug-likeness (QED) is 0.375. The van der Waals surface area contributed by atoms with Crippen LogP contribution in [-0.2, 0) is 19.2 Å². The molecule has 0 bridgehead atoms. The number of hydroxylamine groups is 1. The Bertz CT molecular complexity index is 743. The van der Waals surface area contributed by atoms with E-state index in [1.54, 1.807) is 18.5 Å². The van der Waals surface area contributed by atoms with Crippen molar-refractivity contribution in [3.05, 3.63) is 24.2 Å². The van der Waals surface area contributed by atoms with E-state index in [1.807, 2.05) is 6.92 Å². The molecular weight excluding hydrogens is 410 g/mol. The monoisotopic (exact) mass is 445 g/mol. The highest BCUT2D eigenvalue weighted by Crippen LogP contribution is 2.22. The summed E-state index contributed by atoms with van der Waals surface area (Å²) in [4.78, 5) is 38.2. The van der Waals surface area contributed by atoms with Gasteiger partial charge in [0, 0.05) is 25.6 Å². The SMILES string of the molecule is CC[C@@H](Nc1cnc(C=CC(=O)NOC2CCCCO2)cn1)C(=O)NCC1CCCCC1. The third-order valence-electron chi connectivity index (χ3n) is 5.84. The predicted octanol–water partition coefficient (Wildman–Crippen LogP) is 2.95. The van der Waals surface area contributed by atoms with E-state index in [2.05, 4.69) is 26.1 Å². The fourth-order valence-electron chi connectivity index (χ4n) is 3.91. The van der Waals surface area contributed by atoms with Crippen LogP contribution >= 0.6 is 0 Å². The van der Waals surface area contributed by atoms with Crippen molar-refractivity contribution in [1.29, 1.82) is 0 Å². The summed E-state index contributed by atoms with van der Waals surface area (Å²) in [5, 5.41) is 6.22. The maximum absolute atomic E-state index is 12.5. The first-order chi connectivity index (χ1) is 15.6. The minimum atomic E-state index is -0.399. The lowest BCUT2D eigenvalue weighted by Gasteiger charge is -2.23. The van der Waals surface area contributed by atoms with Crippen LogP contribution in [0.4, 0.5) is 5.82 Å². The molecule has 2 fully saturated rings. The molecule has 1 aliphatic carbocycles. The van der Waals surface area contributed by atoms with Gasteiger partial charge >= 0.3 is 0 Å². The highest BCUT2D eigenvalue weighted by Gasteiger charge is 2.19. The smallest absolute Gasteiger partial charge is 0.267 e. The van der Waals surface area contributed by atoms with Crippen LogP contribution in [0.5, 0.6) is 0 Å². The Hall–Kier alpha value is -2.52. The number of ether oxygens (including phenoxy) is 1. The van der Waals surface area contributed by atoms with E-state index in [1.165, 1.54) is 38.2 Å². The number of aromatic nitrogens is 2. The molecule has 2 heterocycles. The first-order valence-electron chi connectivity index (χ1n) is 11.8. The first kappa shape index (κ1) is 24.1. The molecule has 0 spiro atoms. The van der Waals surface area contributed by atoms with Gasteiger partial charge in [0.2, 0.25) is 5.91 Å². The molecule has 3 N–H and O–H groups in total. The van der Waals surface area contributed by atoms with Gasteiger partial charge in [-0.3, -0.25) is 14.6 Å². The molecule has 1 unspecified atom stereocenters. The molecule has 1 aromatic rings. The lowest BCUT2D eigenvalue weighted by atomic mass is 9.89. The Morgan fingerprint density at radius 3 is 2.66 bits per heavy atom. The molecule has 0 aromatic carbocycles. The normalized spacial score (nSPS) is 20.6. The predicted molar refractivity (Wildman–Crippen MR) is 121 cm³/mol. The number of nitrogens with one attached hydrogen (secondary N) is 3. The molecule has 9 nitrogen and oxygen atoms in total. The first-order valence-corrected chi connectivity index (χ1v) is 11.8. The van der Waals surface area contributed by atoms with Crippen LogP contribution in [-0.4, -0.2) is 47.3 Å². The maximum Gasteiger partial charge on any atom is 0.267 e. The van der Waals surface area contributed by atoms with Gasteiger partial charge in [-0.25, -0.2) is 15.3 Å². The Morgan fingerprint density at radius 1 is 1.16 bits per heavy atom. The second kappa shape index (κ2) is 13.1. The van der Waals surface area contributed by atoms with Crippen LogP contribution in [0, 0.1) is 5.92 Å². The number of amides is 2. The van der Waals surface area contributed by atoms with Gasteiger partial charge in [0.15, 0.2) is 6.29 Å². The zero-order valence-corrected chi connectivity index (χ0v) is 18.8. The molecule has 3 rings (SSSR count). The number of hydrogen-bond donors (Lipinski definition) is 3. The Kier molecular flexibility index (Phi) is 9.90. The number of anilines is 1. The summed E-state index contributed by atoms with van der Waals surface area (Å²) in [6, 6.07) is -0.362. The summed E-state index contributed by atoms with van der Waals surface area (Å²) in [7, 11) is 0. The van der Waals surface area contributed by atoms with E-state index in [-0.39, 0.29) is 11.9 Å². The van der Waals surface area contributed by atoms with Gasteiger partial charge in [0.25, 0.3) is 5.91 Å². The number of carbonyl (C=O) groups is 2.